The van der Waals surface area contributed by atoms with Gasteiger partial charge in [-0.1, -0.05) is 0 Å². The lowest BCUT2D eigenvalue weighted by molar-refractivity contribution is 0.534. The summed E-state index contributed by atoms with van der Waals surface area (Å²) in [5.41, 5.74) is -0.402. The van der Waals surface area contributed by atoms with Gasteiger partial charge < -0.3 is 5.32 Å². The van der Waals surface area contributed by atoms with E-state index in [9.17, 15) is 21.6 Å². The van der Waals surface area contributed by atoms with Crippen LogP contribution in [0.1, 0.15) is 12.8 Å². The molecule has 3 nitrogen and oxygen atoms in total. The van der Waals surface area contributed by atoms with Gasteiger partial charge in [-0.3, -0.25) is 0 Å². The third-order valence-electron chi connectivity index (χ3n) is 2.91. The van der Waals surface area contributed by atoms with Crippen LogP contribution in [0.5, 0.6) is 0 Å². The van der Waals surface area contributed by atoms with Crippen LogP contribution >= 0.6 is 0 Å². The molecule has 0 radical (unpaired) electrons. The molecule has 1 N–H and O–H groups in total. The maximum Gasteiger partial charge on any atom is 0.152 e. The molecule has 1 aromatic rings. The first-order chi connectivity index (χ1) is 8.37. The summed E-state index contributed by atoms with van der Waals surface area (Å²) in [5, 5.41) is 2.60. The summed E-state index contributed by atoms with van der Waals surface area (Å²) in [6, 6.07) is 0.860. The number of hydrogen-bond acceptors (Lipinski definition) is 3. The Bertz CT molecular complexity index is 522. The highest BCUT2D eigenvalue weighted by molar-refractivity contribution is 7.91. The molecular formula is C11H12F3NO2S. The van der Waals surface area contributed by atoms with E-state index in [-0.39, 0.29) is 17.5 Å². The Morgan fingerprint density at radius 2 is 1.56 bits per heavy atom. The third kappa shape index (κ3) is 2.95. The monoisotopic (exact) mass is 279 g/mol. The molecular weight excluding hydrogens is 267 g/mol. The smallest absolute Gasteiger partial charge is 0.152 e. The standard InChI is InChI=1S/C11H12F3NO2S/c12-7-5-9(13)11(10(14)6-7)15-8-1-3-18(16,17)4-2-8/h5-6,8,15H,1-4H2. The minimum atomic E-state index is -3.02. The lowest BCUT2D eigenvalue weighted by Gasteiger charge is -2.24. The van der Waals surface area contributed by atoms with E-state index < -0.39 is 33.0 Å². The maximum atomic E-state index is 13.4. The molecule has 1 heterocycles. The van der Waals surface area contributed by atoms with Crippen molar-refractivity contribution in [3.63, 3.8) is 0 Å². The minimum Gasteiger partial charge on any atom is -0.377 e. The molecule has 7 heteroatoms. The van der Waals surface area contributed by atoms with Crippen molar-refractivity contribution in [2.75, 3.05) is 16.8 Å². The molecule has 0 bridgehead atoms. The van der Waals surface area contributed by atoms with Crippen LogP contribution < -0.4 is 5.32 Å². The van der Waals surface area contributed by atoms with E-state index in [2.05, 4.69) is 5.32 Å². The Kier molecular flexibility index (Phi) is 3.52. The average Bonchev–Trinajstić information content (AvgIpc) is 2.25. The lowest BCUT2D eigenvalue weighted by Crippen LogP contribution is -2.32. The van der Waals surface area contributed by atoms with Crippen LogP contribution in [0.25, 0.3) is 0 Å². The average molecular weight is 279 g/mol. The zero-order valence-electron chi connectivity index (χ0n) is 9.42. The van der Waals surface area contributed by atoms with Crippen molar-refractivity contribution in [3.8, 4) is 0 Å². The molecule has 0 spiro atoms. The van der Waals surface area contributed by atoms with Gasteiger partial charge in [0.05, 0.1) is 11.5 Å². The molecule has 1 aliphatic rings. The van der Waals surface area contributed by atoms with Crippen molar-refractivity contribution in [2.24, 2.45) is 0 Å². The van der Waals surface area contributed by atoms with Gasteiger partial charge in [-0.25, -0.2) is 21.6 Å². The van der Waals surface area contributed by atoms with Crippen LogP contribution in [0.2, 0.25) is 0 Å². The van der Waals surface area contributed by atoms with Gasteiger partial charge in [0.25, 0.3) is 0 Å². The van der Waals surface area contributed by atoms with Crippen LogP contribution in [0, 0.1) is 17.5 Å². The predicted molar refractivity (Wildman–Crippen MR) is 61.6 cm³/mol. The SMILES string of the molecule is O=S1(=O)CCC(Nc2c(F)cc(F)cc2F)CC1. The minimum absolute atomic E-state index is 0.00486. The molecule has 1 fully saturated rings. The second-order valence-electron chi connectivity index (χ2n) is 4.31. The summed E-state index contributed by atoms with van der Waals surface area (Å²) in [4.78, 5) is 0. The number of anilines is 1. The molecule has 0 amide bonds. The molecule has 0 atom stereocenters. The van der Waals surface area contributed by atoms with Crippen molar-refractivity contribution in [1.29, 1.82) is 0 Å². The number of rotatable bonds is 2. The van der Waals surface area contributed by atoms with Gasteiger partial charge in [-0.2, -0.15) is 0 Å². The van der Waals surface area contributed by atoms with E-state index in [0.717, 1.165) is 0 Å². The van der Waals surface area contributed by atoms with Crippen LogP contribution in [0.15, 0.2) is 12.1 Å². The first-order valence-corrected chi connectivity index (χ1v) is 7.31. The van der Waals surface area contributed by atoms with Crippen LogP contribution in [-0.2, 0) is 9.84 Å². The normalized spacial score (nSPS) is 19.7. The molecule has 18 heavy (non-hydrogen) atoms. The highest BCUT2D eigenvalue weighted by atomic mass is 32.2. The zero-order valence-corrected chi connectivity index (χ0v) is 10.2. The molecule has 0 saturated carbocycles. The summed E-state index contributed by atoms with van der Waals surface area (Å²) >= 11 is 0. The van der Waals surface area contributed by atoms with Gasteiger partial charge in [0, 0.05) is 18.2 Å². The number of nitrogens with one attached hydrogen (secondary N) is 1. The lowest BCUT2D eigenvalue weighted by atomic mass is 10.1. The first-order valence-electron chi connectivity index (χ1n) is 5.49. The van der Waals surface area contributed by atoms with E-state index in [0.29, 0.717) is 25.0 Å². The highest BCUT2D eigenvalue weighted by Gasteiger charge is 2.25. The second kappa shape index (κ2) is 4.79. The van der Waals surface area contributed by atoms with Gasteiger partial charge in [0.15, 0.2) is 11.6 Å². The highest BCUT2D eigenvalue weighted by Crippen LogP contribution is 2.24. The molecule has 0 aromatic heterocycles. The number of hydrogen-bond donors (Lipinski definition) is 1. The summed E-state index contributed by atoms with van der Waals surface area (Å²) < 4.78 is 61.8. The maximum absolute atomic E-state index is 13.4. The Labute approximate surface area is 103 Å². The van der Waals surface area contributed by atoms with E-state index in [1.165, 1.54) is 0 Å². The summed E-state index contributed by atoms with van der Waals surface area (Å²) in [5.74, 6) is -3.02. The molecule has 0 unspecified atom stereocenters. The van der Waals surface area contributed by atoms with Crippen LogP contribution in [0.3, 0.4) is 0 Å². The van der Waals surface area contributed by atoms with E-state index in [4.69, 9.17) is 0 Å². The van der Waals surface area contributed by atoms with Crippen molar-refractivity contribution < 1.29 is 21.6 Å². The quantitative estimate of drug-likeness (QED) is 0.901. The van der Waals surface area contributed by atoms with Crippen molar-refractivity contribution in [2.45, 2.75) is 18.9 Å². The number of halogens is 3. The van der Waals surface area contributed by atoms with Crippen molar-refractivity contribution >= 4 is 15.5 Å². The van der Waals surface area contributed by atoms with Crippen LogP contribution in [0.4, 0.5) is 18.9 Å². The summed E-state index contributed by atoms with van der Waals surface area (Å²) in [6.07, 6.45) is 0.581. The van der Waals surface area contributed by atoms with E-state index >= 15 is 0 Å². The molecule has 2 rings (SSSR count). The van der Waals surface area contributed by atoms with Crippen molar-refractivity contribution in [3.05, 3.63) is 29.6 Å². The largest absolute Gasteiger partial charge is 0.377 e. The second-order valence-corrected chi connectivity index (χ2v) is 6.62. The fourth-order valence-electron chi connectivity index (χ4n) is 1.92. The zero-order chi connectivity index (χ0) is 13.3. The first kappa shape index (κ1) is 13.2. The van der Waals surface area contributed by atoms with Crippen molar-refractivity contribution in [1.82, 2.24) is 0 Å². The third-order valence-corrected chi connectivity index (χ3v) is 4.63. The van der Waals surface area contributed by atoms with Gasteiger partial charge in [-0.15, -0.1) is 0 Å². The summed E-state index contributed by atoms with van der Waals surface area (Å²) in [7, 11) is -3.02. The molecule has 0 aliphatic carbocycles. The summed E-state index contributed by atoms with van der Waals surface area (Å²) in [6.45, 7) is 0. The molecule has 1 saturated heterocycles. The van der Waals surface area contributed by atoms with Gasteiger partial charge in [0.2, 0.25) is 0 Å². The number of benzene rings is 1. The van der Waals surface area contributed by atoms with Gasteiger partial charge >= 0.3 is 0 Å². The Morgan fingerprint density at radius 1 is 1.06 bits per heavy atom. The fraction of sp³-hybridized carbons (Fsp3) is 0.455. The fourth-order valence-corrected chi connectivity index (χ4v) is 3.41. The predicted octanol–water partition coefficient (Wildman–Crippen LogP) is 2.09. The van der Waals surface area contributed by atoms with E-state index in [1.54, 1.807) is 0 Å². The van der Waals surface area contributed by atoms with Gasteiger partial charge in [-0.05, 0) is 12.8 Å². The Hall–Kier alpha value is -1.24. The van der Waals surface area contributed by atoms with Crippen LogP contribution in [-0.4, -0.2) is 26.0 Å². The molecule has 1 aliphatic heterocycles. The Morgan fingerprint density at radius 3 is 2.06 bits per heavy atom. The molecule has 1 aromatic carbocycles. The van der Waals surface area contributed by atoms with Gasteiger partial charge in [0.1, 0.15) is 21.3 Å². The topological polar surface area (TPSA) is 46.2 Å². The Balaban J connectivity index is 2.11. The van der Waals surface area contributed by atoms with E-state index in [1.807, 2.05) is 0 Å². The molecule has 100 valence electrons. The number of sulfone groups is 1.